The number of likely N-dealkylation sites (tertiary alicyclic amines) is 1. The van der Waals surface area contributed by atoms with Gasteiger partial charge in [0, 0.05) is 46.2 Å². The quantitative estimate of drug-likeness (QED) is 0.519. The first-order valence-corrected chi connectivity index (χ1v) is 14.0. The van der Waals surface area contributed by atoms with Gasteiger partial charge in [0.1, 0.15) is 6.04 Å². The number of amides is 3. The van der Waals surface area contributed by atoms with E-state index in [4.69, 9.17) is 0 Å². The van der Waals surface area contributed by atoms with Gasteiger partial charge in [-0.05, 0) is 43.4 Å². The lowest BCUT2D eigenvalue weighted by atomic mass is 9.97. The van der Waals surface area contributed by atoms with E-state index in [9.17, 15) is 36.0 Å². The van der Waals surface area contributed by atoms with Gasteiger partial charge in [-0.3, -0.25) is 14.4 Å². The molecule has 3 fully saturated rings. The lowest BCUT2D eigenvalue weighted by molar-refractivity contribution is -0.142. The summed E-state index contributed by atoms with van der Waals surface area (Å²) in [5.41, 5.74) is -0.271. The molecule has 3 aliphatic rings. The van der Waals surface area contributed by atoms with Gasteiger partial charge >= 0.3 is 6.18 Å². The molecular weight excluding hydrogens is 527 g/mol. The highest BCUT2D eigenvalue weighted by Crippen LogP contribution is 2.30. The van der Waals surface area contributed by atoms with Gasteiger partial charge in [0.2, 0.25) is 17.7 Å². The van der Waals surface area contributed by atoms with Crippen LogP contribution in [0.4, 0.5) is 13.2 Å². The number of carbonyl (C=O) groups excluding carboxylic acids is 3. The Morgan fingerprint density at radius 2 is 1.63 bits per heavy atom. The highest BCUT2D eigenvalue weighted by atomic mass is 32.2. The molecule has 3 aliphatic heterocycles. The molecule has 4 rings (SSSR count). The van der Waals surface area contributed by atoms with Gasteiger partial charge in [0.15, 0.2) is 0 Å². The van der Waals surface area contributed by atoms with Gasteiger partial charge in [-0.1, -0.05) is 12.1 Å². The van der Waals surface area contributed by atoms with Gasteiger partial charge in [0.25, 0.3) is 10.2 Å². The van der Waals surface area contributed by atoms with Crippen LogP contribution in [0.5, 0.6) is 0 Å². The molecule has 2 N–H and O–H groups in total. The van der Waals surface area contributed by atoms with Crippen molar-refractivity contribution < 1.29 is 36.0 Å². The lowest BCUT2D eigenvalue weighted by Crippen LogP contribution is -2.64. The molecule has 3 amide bonds. The van der Waals surface area contributed by atoms with Crippen molar-refractivity contribution in [1.82, 2.24) is 24.1 Å². The molecule has 0 aliphatic carbocycles. The van der Waals surface area contributed by atoms with E-state index < -0.39 is 33.9 Å². The van der Waals surface area contributed by atoms with Gasteiger partial charge in [-0.2, -0.15) is 30.2 Å². The van der Waals surface area contributed by atoms with Crippen LogP contribution in [0.3, 0.4) is 0 Å². The number of alkyl halides is 3. The molecule has 3 saturated heterocycles. The predicted octanol–water partition coefficient (Wildman–Crippen LogP) is 1.09. The molecule has 0 saturated carbocycles. The third-order valence-electron chi connectivity index (χ3n) is 7.23. The Kier molecular flexibility index (Phi) is 8.33. The van der Waals surface area contributed by atoms with Crippen LogP contribution in [-0.4, -0.2) is 84.5 Å². The average molecular weight is 560 g/mol. The number of piperidine rings is 1. The van der Waals surface area contributed by atoms with E-state index in [1.54, 1.807) is 0 Å². The van der Waals surface area contributed by atoms with Crippen molar-refractivity contribution in [3.8, 4) is 0 Å². The Morgan fingerprint density at radius 1 is 0.974 bits per heavy atom. The second kappa shape index (κ2) is 11.2. The molecule has 0 unspecified atom stereocenters. The summed E-state index contributed by atoms with van der Waals surface area (Å²) < 4.78 is 67.0. The number of benzene rings is 1. The molecule has 210 valence electrons. The molecule has 0 radical (unpaired) electrons. The van der Waals surface area contributed by atoms with E-state index in [1.807, 2.05) is 0 Å². The molecule has 1 aromatic carbocycles. The van der Waals surface area contributed by atoms with Crippen molar-refractivity contribution in [1.29, 1.82) is 0 Å². The Bertz CT molecular complexity index is 1150. The van der Waals surface area contributed by atoms with Gasteiger partial charge in [0.05, 0.1) is 17.5 Å². The molecule has 0 aromatic heterocycles. The number of hydrogen-bond acceptors (Lipinski definition) is 5. The molecule has 3 heterocycles. The van der Waals surface area contributed by atoms with Crippen LogP contribution in [0.1, 0.15) is 43.7 Å². The highest BCUT2D eigenvalue weighted by molar-refractivity contribution is 7.86. The highest BCUT2D eigenvalue weighted by Gasteiger charge is 2.44. The SMILES string of the molecule is CC(=O)NC1CN(S(=O)(=O)N2CCC[C@H](C(=O)N3CCC[C@@H]3C(=O)NCc3ccc(C(F)(F)F)cc3)C2)C1. The minimum atomic E-state index is -4.44. The average Bonchev–Trinajstić information content (AvgIpc) is 3.33. The summed E-state index contributed by atoms with van der Waals surface area (Å²) in [6.45, 7) is 2.47. The predicted molar refractivity (Wildman–Crippen MR) is 130 cm³/mol. The monoisotopic (exact) mass is 559 g/mol. The summed E-state index contributed by atoms with van der Waals surface area (Å²) in [6, 6.07) is 3.57. The number of halogens is 3. The molecule has 10 nitrogen and oxygen atoms in total. The zero-order valence-corrected chi connectivity index (χ0v) is 21.9. The second-order valence-corrected chi connectivity index (χ2v) is 11.9. The number of rotatable bonds is 7. The zero-order valence-electron chi connectivity index (χ0n) is 21.0. The molecule has 14 heteroatoms. The van der Waals surface area contributed by atoms with E-state index in [0.717, 1.165) is 12.1 Å². The first-order valence-electron chi connectivity index (χ1n) is 12.6. The molecular formula is C24H32F3N5O5S. The van der Waals surface area contributed by atoms with Crippen LogP contribution in [-0.2, 0) is 37.3 Å². The van der Waals surface area contributed by atoms with Crippen LogP contribution in [0.15, 0.2) is 24.3 Å². The van der Waals surface area contributed by atoms with E-state index in [2.05, 4.69) is 10.6 Å². The maximum absolute atomic E-state index is 13.4. The Morgan fingerprint density at radius 3 is 2.26 bits per heavy atom. The van der Waals surface area contributed by atoms with Crippen molar-refractivity contribution in [2.75, 3.05) is 32.7 Å². The number of carbonyl (C=O) groups is 3. The first-order chi connectivity index (χ1) is 17.9. The standard InChI is InChI=1S/C24H32F3N5O5S/c1-16(33)29-20-14-31(15-20)38(36,37)30-10-2-4-18(13-30)23(35)32-11-3-5-21(32)22(34)28-12-17-6-8-19(9-7-17)24(25,26)27/h6-9,18,20-21H,2-5,10-15H2,1H3,(H,28,34)(H,29,33)/t18-,21+/m0/s1. The molecule has 38 heavy (non-hydrogen) atoms. The summed E-state index contributed by atoms with van der Waals surface area (Å²) in [5.74, 6) is -1.45. The van der Waals surface area contributed by atoms with E-state index in [-0.39, 0.29) is 49.9 Å². The Balaban J connectivity index is 1.32. The van der Waals surface area contributed by atoms with Crippen LogP contribution < -0.4 is 10.6 Å². The summed E-state index contributed by atoms with van der Waals surface area (Å²) >= 11 is 0. The fourth-order valence-electron chi connectivity index (χ4n) is 5.18. The summed E-state index contributed by atoms with van der Waals surface area (Å²) in [5, 5.41) is 5.40. The lowest BCUT2D eigenvalue weighted by Gasteiger charge is -2.43. The van der Waals surface area contributed by atoms with Crippen molar-refractivity contribution in [2.45, 2.75) is 57.4 Å². The van der Waals surface area contributed by atoms with Crippen LogP contribution in [0.25, 0.3) is 0 Å². The van der Waals surface area contributed by atoms with Gasteiger partial charge in [-0.15, -0.1) is 0 Å². The maximum Gasteiger partial charge on any atom is 0.416 e. The van der Waals surface area contributed by atoms with Crippen molar-refractivity contribution >= 4 is 27.9 Å². The first kappa shape index (κ1) is 28.3. The second-order valence-electron chi connectivity index (χ2n) is 10.0. The third kappa shape index (κ3) is 6.29. The fourth-order valence-corrected chi connectivity index (χ4v) is 6.97. The Hall–Kier alpha value is -2.71. The summed E-state index contributed by atoms with van der Waals surface area (Å²) in [6.07, 6.45) is -2.34. The van der Waals surface area contributed by atoms with Gasteiger partial charge < -0.3 is 15.5 Å². The van der Waals surface area contributed by atoms with Gasteiger partial charge in [-0.25, -0.2) is 0 Å². The van der Waals surface area contributed by atoms with Crippen LogP contribution in [0.2, 0.25) is 0 Å². The number of nitrogens with zero attached hydrogens (tertiary/aromatic N) is 3. The van der Waals surface area contributed by atoms with Crippen LogP contribution >= 0.6 is 0 Å². The smallest absolute Gasteiger partial charge is 0.351 e. The van der Waals surface area contributed by atoms with E-state index in [1.165, 1.54) is 32.6 Å². The molecule has 0 spiro atoms. The van der Waals surface area contributed by atoms with Crippen molar-refractivity contribution in [2.24, 2.45) is 5.92 Å². The molecule has 0 bridgehead atoms. The fraction of sp³-hybridized carbons (Fsp3) is 0.625. The normalized spacial score (nSPS) is 23.6. The third-order valence-corrected chi connectivity index (χ3v) is 9.16. The molecule has 2 atom stereocenters. The summed E-state index contributed by atoms with van der Waals surface area (Å²) in [4.78, 5) is 38.9. The summed E-state index contributed by atoms with van der Waals surface area (Å²) in [7, 11) is -3.77. The van der Waals surface area contributed by atoms with Crippen molar-refractivity contribution in [3.05, 3.63) is 35.4 Å². The maximum atomic E-state index is 13.4. The minimum Gasteiger partial charge on any atom is -0.351 e. The van der Waals surface area contributed by atoms with E-state index in [0.29, 0.717) is 44.3 Å². The molecule has 1 aromatic rings. The Labute approximate surface area is 219 Å². The largest absolute Gasteiger partial charge is 0.416 e. The van der Waals surface area contributed by atoms with Crippen molar-refractivity contribution in [3.63, 3.8) is 0 Å². The minimum absolute atomic E-state index is 0.0267. The number of hydrogen-bond donors (Lipinski definition) is 2. The topological polar surface area (TPSA) is 119 Å². The number of nitrogens with one attached hydrogen (secondary N) is 2. The van der Waals surface area contributed by atoms with E-state index >= 15 is 0 Å². The zero-order chi connectivity index (χ0) is 27.7. The van der Waals surface area contributed by atoms with Crippen LogP contribution in [0, 0.1) is 5.92 Å².